The zero-order valence-corrected chi connectivity index (χ0v) is 19.9. The van der Waals surface area contributed by atoms with E-state index in [1.165, 1.54) is 78.1 Å². The lowest BCUT2D eigenvalue weighted by Gasteiger charge is -2.46. The second-order valence-corrected chi connectivity index (χ2v) is 8.86. The van der Waals surface area contributed by atoms with Crippen molar-refractivity contribution >= 4 is 69.4 Å². The predicted octanol–water partition coefficient (Wildman–Crippen LogP) is 0.459. The van der Waals surface area contributed by atoms with E-state index in [2.05, 4.69) is 34.2 Å². The molecule has 3 fully saturated rings. The lowest BCUT2D eigenvalue weighted by molar-refractivity contribution is -0.966. The first-order chi connectivity index (χ1) is 13.8. The average Bonchev–Trinajstić information content (AvgIpc) is 2.84. The van der Waals surface area contributed by atoms with Crippen molar-refractivity contribution in [2.45, 2.75) is 6.42 Å². The topological polar surface area (TPSA) is 103 Å². The van der Waals surface area contributed by atoms with Crippen molar-refractivity contribution in [2.75, 3.05) is 78.5 Å². The standard InChI is InChI=1S/C15H28N6S2.2CNS/c16-14(22)18-2-8-20(9-3-18)6-1-7-21(13-12-20)10-4-19(5-11-21)15(17)23;2*2-1-3/h1-13H2,(H2-2,16,17,22,23);;/q;2*-1/p+2. The van der Waals surface area contributed by atoms with Crippen molar-refractivity contribution in [1.82, 2.24) is 9.80 Å². The van der Waals surface area contributed by atoms with Gasteiger partial charge in [0.2, 0.25) is 0 Å². The van der Waals surface area contributed by atoms with Crippen molar-refractivity contribution in [3.63, 3.8) is 0 Å². The van der Waals surface area contributed by atoms with E-state index >= 15 is 0 Å². The Hall–Kier alpha value is -1.10. The third-order valence-corrected chi connectivity index (χ3v) is 6.83. The van der Waals surface area contributed by atoms with Crippen LogP contribution in [0.15, 0.2) is 0 Å². The summed E-state index contributed by atoms with van der Waals surface area (Å²) in [5, 5.41) is 18.1. The molecule has 12 heteroatoms. The summed E-state index contributed by atoms with van der Waals surface area (Å²) in [7, 11) is 0. The molecular weight excluding hydrogens is 445 g/mol. The number of nitrogens with two attached hydrogens (primary N) is 2. The first-order valence-electron chi connectivity index (χ1n) is 9.58. The summed E-state index contributed by atoms with van der Waals surface area (Å²) in [4.78, 5) is 4.32. The molecule has 162 valence electrons. The van der Waals surface area contributed by atoms with E-state index < -0.39 is 0 Å². The summed E-state index contributed by atoms with van der Waals surface area (Å²) in [5.74, 6) is 0. The van der Waals surface area contributed by atoms with E-state index in [-0.39, 0.29) is 0 Å². The van der Waals surface area contributed by atoms with Crippen LogP contribution in [0, 0.1) is 0 Å². The van der Waals surface area contributed by atoms with Crippen LogP contribution in [0.2, 0.25) is 0 Å². The number of nitrogens with zero attached hydrogens (tertiary/aromatic N) is 6. The van der Waals surface area contributed by atoms with Gasteiger partial charge in [-0.3, -0.25) is 0 Å². The predicted molar refractivity (Wildman–Crippen MR) is 133 cm³/mol. The summed E-state index contributed by atoms with van der Waals surface area (Å²) in [5.41, 5.74) is 11.6. The van der Waals surface area contributed by atoms with Gasteiger partial charge < -0.3 is 41.1 Å². The molecule has 4 N–H and O–H groups in total. The molecule has 0 amide bonds. The quantitative estimate of drug-likeness (QED) is 0.297. The molecule has 0 aliphatic carbocycles. The van der Waals surface area contributed by atoms with Crippen LogP contribution >= 0.6 is 48.9 Å². The Balaban J connectivity index is 0.000000626. The summed E-state index contributed by atoms with van der Waals surface area (Å²) < 4.78 is 2.52. The Morgan fingerprint density at radius 2 is 0.931 bits per heavy atom. The Morgan fingerprint density at radius 1 is 0.655 bits per heavy atom. The van der Waals surface area contributed by atoms with E-state index in [0.29, 0.717) is 10.2 Å². The molecule has 0 saturated carbocycles. The summed E-state index contributed by atoms with van der Waals surface area (Å²) >= 11 is 17.7. The third kappa shape index (κ3) is 7.92. The van der Waals surface area contributed by atoms with Crippen LogP contribution in [0.3, 0.4) is 0 Å². The van der Waals surface area contributed by atoms with Gasteiger partial charge in [-0.05, 0) is 24.4 Å². The molecular formula is C17H30N8S4. The van der Waals surface area contributed by atoms with Crippen molar-refractivity contribution in [3.8, 4) is 0 Å². The molecule has 0 radical (unpaired) electrons. The summed E-state index contributed by atoms with van der Waals surface area (Å²) in [6.07, 6.45) is 1.32. The smallest absolute Gasteiger partial charge is 0.166 e. The van der Waals surface area contributed by atoms with Crippen LogP contribution in [-0.2, 0) is 0 Å². The minimum Gasteiger partial charge on any atom is -0.753 e. The van der Waals surface area contributed by atoms with Gasteiger partial charge in [0, 0.05) is 6.42 Å². The van der Waals surface area contributed by atoms with Crippen LogP contribution in [0.5, 0.6) is 0 Å². The Labute approximate surface area is 195 Å². The maximum Gasteiger partial charge on any atom is 0.166 e. The van der Waals surface area contributed by atoms with Gasteiger partial charge in [0.1, 0.15) is 13.1 Å². The molecule has 3 aliphatic rings. The van der Waals surface area contributed by atoms with Crippen molar-refractivity contribution in [2.24, 2.45) is 11.5 Å². The largest absolute Gasteiger partial charge is 0.753 e. The van der Waals surface area contributed by atoms with Gasteiger partial charge in [-0.15, -0.1) is 0 Å². The summed E-state index contributed by atoms with van der Waals surface area (Å²) in [6.45, 7) is 14.0. The van der Waals surface area contributed by atoms with Gasteiger partial charge in [0.05, 0.1) is 65.4 Å². The first kappa shape index (κ1) is 25.9. The van der Waals surface area contributed by atoms with E-state index in [1.54, 1.807) is 0 Å². The van der Waals surface area contributed by atoms with E-state index in [0.717, 1.165) is 26.2 Å². The molecule has 0 aromatic rings. The molecule has 29 heavy (non-hydrogen) atoms. The molecule has 0 aromatic heterocycles. The van der Waals surface area contributed by atoms with Crippen LogP contribution in [0.4, 0.5) is 0 Å². The molecule has 0 bridgehead atoms. The number of piperazine rings is 2. The molecule has 0 atom stereocenters. The minimum absolute atomic E-state index is 0.565. The molecule has 8 nitrogen and oxygen atoms in total. The molecule has 0 aromatic carbocycles. The highest BCUT2D eigenvalue weighted by Gasteiger charge is 2.42. The Morgan fingerprint density at radius 3 is 1.17 bits per heavy atom. The lowest BCUT2D eigenvalue weighted by Crippen LogP contribution is -2.65. The molecule has 3 rings (SSSR count). The fourth-order valence-electron chi connectivity index (χ4n) is 4.50. The zero-order valence-electron chi connectivity index (χ0n) is 16.7. The lowest BCUT2D eigenvalue weighted by atomic mass is 10.2. The van der Waals surface area contributed by atoms with Crippen LogP contribution in [0.1, 0.15) is 6.42 Å². The molecule has 3 heterocycles. The number of isothiocyanates is 2. The van der Waals surface area contributed by atoms with Crippen molar-refractivity contribution < 1.29 is 8.97 Å². The first-order valence-corrected chi connectivity index (χ1v) is 11.2. The maximum atomic E-state index is 7.13. The zero-order chi connectivity index (χ0) is 21.9. The fraction of sp³-hybridized carbons (Fsp3) is 0.765. The highest BCUT2D eigenvalue weighted by Crippen LogP contribution is 2.23. The van der Waals surface area contributed by atoms with Gasteiger partial charge in [0.25, 0.3) is 0 Å². The monoisotopic (exact) mass is 474 g/mol. The third-order valence-electron chi connectivity index (χ3n) is 6.31. The van der Waals surface area contributed by atoms with Crippen molar-refractivity contribution in [1.29, 1.82) is 0 Å². The van der Waals surface area contributed by atoms with E-state index in [9.17, 15) is 0 Å². The molecule has 3 saturated heterocycles. The molecule has 3 aliphatic heterocycles. The number of hydrogen-bond acceptors (Lipinski definition) is 4. The number of hydrogen-bond donors (Lipinski definition) is 2. The highest BCUT2D eigenvalue weighted by molar-refractivity contribution is 7.80. The highest BCUT2D eigenvalue weighted by atomic mass is 32.1. The second kappa shape index (κ2) is 12.6. The van der Waals surface area contributed by atoms with Crippen molar-refractivity contribution in [3.05, 3.63) is 10.8 Å². The van der Waals surface area contributed by atoms with Gasteiger partial charge in [-0.25, -0.2) is 0 Å². The van der Waals surface area contributed by atoms with Crippen LogP contribution in [0.25, 0.3) is 10.8 Å². The second-order valence-electron chi connectivity index (χ2n) is 7.66. The summed E-state index contributed by atoms with van der Waals surface area (Å²) in [6, 6.07) is 0. The number of thiocarbonyl (C=S) groups is 4. The van der Waals surface area contributed by atoms with E-state index in [4.69, 9.17) is 46.7 Å². The van der Waals surface area contributed by atoms with Crippen LogP contribution in [-0.4, -0.2) is 118 Å². The number of quaternary nitrogens is 2. The fourth-order valence-corrected chi connectivity index (χ4v) is 4.87. The van der Waals surface area contributed by atoms with Gasteiger partial charge in [0.15, 0.2) is 10.2 Å². The molecule has 2 spiro atoms. The Bertz CT molecular complexity index is 573. The van der Waals surface area contributed by atoms with Gasteiger partial charge in [-0.1, -0.05) is 24.4 Å². The Kier molecular flexibility index (Phi) is 11.2. The van der Waals surface area contributed by atoms with Crippen LogP contribution < -0.4 is 11.5 Å². The SMILES string of the molecule is NC(=S)N1CC[N+]2(CCC[N+]3(CCN(C(N)=S)CC3)CC2)CC1.[N-]=C=S.[N-]=C=S. The average molecular weight is 475 g/mol. The number of rotatable bonds is 0. The van der Waals surface area contributed by atoms with E-state index in [1.807, 2.05) is 0 Å². The molecule has 0 unspecified atom stereocenters. The normalized spacial score (nSPS) is 21.9. The van der Waals surface area contributed by atoms with Gasteiger partial charge >= 0.3 is 0 Å². The maximum absolute atomic E-state index is 7.13. The van der Waals surface area contributed by atoms with Gasteiger partial charge in [-0.2, -0.15) is 10.3 Å². The minimum atomic E-state index is 0.565.